The Hall–Kier alpha value is -2.64. The number of alkyl halides is 2. The number of allylic oxidation sites excluding steroid dienone is 2. The Morgan fingerprint density at radius 3 is 2.58 bits per heavy atom. The van der Waals surface area contributed by atoms with Crippen LogP contribution in [0.4, 0.5) is 19.0 Å². The first-order valence-corrected chi connectivity index (χ1v) is 13.6. The first kappa shape index (κ1) is 26.4. The molecule has 0 radical (unpaired) electrons. The molecule has 1 fully saturated rings. The van der Waals surface area contributed by atoms with Crippen LogP contribution in [0.5, 0.6) is 11.5 Å². The van der Waals surface area contributed by atoms with E-state index in [-0.39, 0.29) is 31.2 Å². The predicted molar refractivity (Wildman–Crippen MR) is 124 cm³/mol. The normalized spacial score (nSPS) is 21.1. The summed E-state index contributed by atoms with van der Waals surface area (Å²) in [7, 11) is 1.56. The third kappa shape index (κ3) is 6.19. The van der Waals surface area contributed by atoms with Gasteiger partial charge in [0.1, 0.15) is 11.6 Å². The number of nitrogens with zero attached hydrogens (tertiary/aromatic N) is 3. The van der Waals surface area contributed by atoms with E-state index in [0.29, 0.717) is 22.9 Å². The molecular formula is C25H27F3IN4O3-. The van der Waals surface area contributed by atoms with Crippen LogP contribution in [0.25, 0.3) is 0 Å². The summed E-state index contributed by atoms with van der Waals surface area (Å²) >= 11 is -0.685. The summed E-state index contributed by atoms with van der Waals surface area (Å²) in [6.07, 6.45) is 2.87. The number of amides is 1. The number of carbonyl (C=O) groups is 1. The number of rotatable bonds is 7. The predicted octanol–water partition coefficient (Wildman–Crippen LogP) is 1.97. The van der Waals surface area contributed by atoms with Gasteiger partial charge in [-0.1, -0.05) is 0 Å². The number of hydrogen-bond donors (Lipinski definition) is 1. The molecule has 0 unspecified atom stereocenters. The van der Waals surface area contributed by atoms with Gasteiger partial charge in [0.2, 0.25) is 0 Å². The maximum atomic E-state index is 14.9. The molecule has 1 amide bonds. The first-order chi connectivity index (χ1) is 17.2. The number of nitrogens with one attached hydrogen (secondary N) is 1. The van der Waals surface area contributed by atoms with E-state index in [2.05, 4.69) is 10.3 Å². The molecule has 0 aliphatic carbocycles. The number of anilines is 1. The molecule has 3 heterocycles. The van der Waals surface area contributed by atoms with Crippen molar-refractivity contribution < 1.29 is 49.0 Å². The number of benzene rings is 1. The number of ether oxygens (including phenoxy) is 1. The first-order valence-electron chi connectivity index (χ1n) is 11.3. The van der Waals surface area contributed by atoms with E-state index in [1.54, 1.807) is 40.4 Å². The minimum absolute atomic E-state index is 0.0752. The Kier molecular flexibility index (Phi) is 8.20. The van der Waals surface area contributed by atoms with Gasteiger partial charge < -0.3 is 4.74 Å². The van der Waals surface area contributed by atoms with Crippen LogP contribution in [0.15, 0.2) is 64.0 Å². The Morgan fingerprint density at radius 1 is 1.22 bits per heavy atom. The number of hydroxylamine groups is 1. The molecular weight excluding hydrogens is 588 g/mol. The quantitative estimate of drug-likeness (QED) is 0.380. The Bertz CT molecular complexity index is 1140. The Morgan fingerprint density at radius 2 is 1.94 bits per heavy atom. The fraction of sp³-hybridized carbons (Fsp3) is 0.360. The molecule has 2 aliphatic heterocycles. The summed E-state index contributed by atoms with van der Waals surface area (Å²) in [5.41, 5.74) is 1.41. The van der Waals surface area contributed by atoms with Crippen LogP contribution >= 0.6 is 0 Å². The zero-order valence-corrected chi connectivity index (χ0v) is 22.2. The number of carbonyl (C=O) groups excluding carboxylic acids is 1. The molecule has 11 heteroatoms. The second kappa shape index (κ2) is 11.2. The number of pyridine rings is 1. The SMILES string of the molecule is CON1[I-]C=C([C@H]2CN([C@@H](C)C(=O)Nc3ccc(Oc4ccc(F)cc4)cn3)CCC2(F)F)C=C1C. The van der Waals surface area contributed by atoms with Gasteiger partial charge in [-0.05, 0) is 24.3 Å². The van der Waals surface area contributed by atoms with Crippen molar-refractivity contribution >= 4 is 11.7 Å². The molecule has 2 atom stereocenters. The second-order valence-electron chi connectivity index (χ2n) is 8.58. The van der Waals surface area contributed by atoms with E-state index in [0.717, 1.165) is 5.70 Å². The molecule has 0 saturated carbocycles. The number of halogens is 4. The standard InChI is InChI=1S/C25H27F3IN4O3/c1-16-12-18(13-29-33(16)35-3)22-15-32(11-10-25(22,27)28)17(2)24(34)31-23-9-8-21(14-30-23)36-20-6-4-19(26)5-7-20/h4-9,12-14,17,22H,10-11,15H2,1-3H3,(H,30,31,34)/q-1/t17-,22+/m0/s1. The molecule has 0 spiro atoms. The molecule has 1 aromatic carbocycles. The van der Waals surface area contributed by atoms with Crippen molar-refractivity contribution in [3.8, 4) is 11.5 Å². The van der Waals surface area contributed by atoms with Crippen LogP contribution in [0.1, 0.15) is 20.3 Å². The molecule has 1 N–H and O–H groups in total. The van der Waals surface area contributed by atoms with Crippen LogP contribution in [-0.4, -0.2) is 51.2 Å². The fourth-order valence-corrected chi connectivity index (χ4v) is 6.03. The number of hydrogen-bond acceptors (Lipinski definition) is 6. The third-order valence-electron chi connectivity index (χ3n) is 6.10. The van der Waals surface area contributed by atoms with Gasteiger partial charge in [0.25, 0.3) is 0 Å². The van der Waals surface area contributed by atoms with E-state index in [1.807, 2.05) is 11.0 Å². The van der Waals surface area contributed by atoms with E-state index >= 15 is 0 Å². The van der Waals surface area contributed by atoms with E-state index in [4.69, 9.17) is 9.57 Å². The number of piperidine rings is 1. The van der Waals surface area contributed by atoms with Gasteiger partial charge in [-0.25, -0.2) is 4.39 Å². The summed E-state index contributed by atoms with van der Waals surface area (Å²) in [5, 5.41) is 2.74. The van der Waals surface area contributed by atoms with Crippen molar-refractivity contribution in [2.24, 2.45) is 5.92 Å². The van der Waals surface area contributed by atoms with E-state index < -0.39 is 39.4 Å². The van der Waals surface area contributed by atoms with Crippen molar-refractivity contribution in [1.82, 2.24) is 13.2 Å². The second-order valence-corrected chi connectivity index (χ2v) is 10.6. The molecule has 194 valence electrons. The third-order valence-corrected chi connectivity index (χ3v) is 8.76. The molecule has 1 aromatic heterocycles. The molecule has 2 aliphatic rings. The monoisotopic (exact) mass is 615 g/mol. The van der Waals surface area contributed by atoms with Crippen molar-refractivity contribution in [2.45, 2.75) is 32.2 Å². The summed E-state index contributed by atoms with van der Waals surface area (Å²) in [6.45, 7) is 3.74. The van der Waals surface area contributed by atoms with Crippen LogP contribution in [-0.2, 0) is 9.63 Å². The zero-order chi connectivity index (χ0) is 25.9. The van der Waals surface area contributed by atoms with E-state index in [9.17, 15) is 18.0 Å². The average molecular weight is 615 g/mol. The van der Waals surface area contributed by atoms with E-state index in [1.165, 1.54) is 30.5 Å². The van der Waals surface area contributed by atoms with Crippen LogP contribution in [0.2, 0.25) is 0 Å². The molecule has 0 bridgehead atoms. The van der Waals surface area contributed by atoms with Crippen LogP contribution in [0, 0.1) is 11.7 Å². The molecule has 1 saturated heterocycles. The van der Waals surface area contributed by atoms with Crippen molar-refractivity contribution in [3.05, 3.63) is 69.8 Å². The van der Waals surface area contributed by atoms with Crippen molar-refractivity contribution in [2.75, 3.05) is 25.5 Å². The average Bonchev–Trinajstić information content (AvgIpc) is 2.86. The van der Waals surface area contributed by atoms with Crippen molar-refractivity contribution in [3.63, 3.8) is 0 Å². The van der Waals surface area contributed by atoms with Crippen molar-refractivity contribution in [1.29, 1.82) is 0 Å². The molecule has 4 rings (SSSR count). The summed E-state index contributed by atoms with van der Waals surface area (Å²) in [6, 6.07) is 8.17. The van der Waals surface area contributed by atoms with Gasteiger partial charge in [-0.2, -0.15) is 0 Å². The van der Waals surface area contributed by atoms with Gasteiger partial charge in [-0.15, -0.1) is 0 Å². The topological polar surface area (TPSA) is 66.9 Å². The van der Waals surface area contributed by atoms with Gasteiger partial charge >= 0.3 is 174 Å². The summed E-state index contributed by atoms with van der Waals surface area (Å²) < 4.78 is 52.0. The maximum absolute atomic E-state index is 14.9. The van der Waals surface area contributed by atoms with Gasteiger partial charge in [0.15, 0.2) is 0 Å². The molecule has 7 nitrogen and oxygen atoms in total. The van der Waals surface area contributed by atoms with Crippen LogP contribution < -0.4 is 31.5 Å². The zero-order valence-electron chi connectivity index (χ0n) is 20.1. The van der Waals surface area contributed by atoms with Gasteiger partial charge in [0.05, 0.1) is 0 Å². The van der Waals surface area contributed by atoms with Crippen LogP contribution in [0.3, 0.4) is 0 Å². The van der Waals surface area contributed by atoms with Gasteiger partial charge in [-0.3, -0.25) is 0 Å². The minimum atomic E-state index is -2.85. The number of likely N-dealkylation sites (tertiary alicyclic amines) is 1. The summed E-state index contributed by atoms with van der Waals surface area (Å²) in [5.74, 6) is -3.34. The molecule has 2 aromatic rings. The fourth-order valence-electron chi connectivity index (χ4n) is 4.04. The number of aromatic nitrogens is 1. The Balaban J connectivity index is 1.37. The summed E-state index contributed by atoms with van der Waals surface area (Å²) in [4.78, 5) is 24.2. The Labute approximate surface area is 218 Å². The van der Waals surface area contributed by atoms with Gasteiger partial charge in [0, 0.05) is 0 Å². The molecule has 36 heavy (non-hydrogen) atoms.